The van der Waals surface area contributed by atoms with Gasteiger partial charge in [0.2, 0.25) is 5.91 Å². The molecule has 31 heavy (non-hydrogen) atoms. The molecule has 0 unspecified atom stereocenters. The Morgan fingerprint density at radius 2 is 2.23 bits per heavy atom. The lowest BCUT2D eigenvalue weighted by molar-refractivity contribution is -0.131. The van der Waals surface area contributed by atoms with Crippen LogP contribution in [0.2, 0.25) is 0 Å². The average molecular weight is 444 g/mol. The van der Waals surface area contributed by atoms with Crippen molar-refractivity contribution in [2.45, 2.75) is 32.0 Å². The van der Waals surface area contributed by atoms with Gasteiger partial charge >= 0.3 is 0 Å². The normalized spacial score (nSPS) is 20.1. The fraction of sp³-hybridized carbons (Fsp3) is 0.455. The molecule has 2 fully saturated rings. The first-order valence-corrected chi connectivity index (χ1v) is 11.3. The van der Waals surface area contributed by atoms with E-state index in [0.717, 1.165) is 5.69 Å². The van der Waals surface area contributed by atoms with Crippen LogP contribution in [-0.4, -0.2) is 66.4 Å². The van der Waals surface area contributed by atoms with Gasteiger partial charge in [0, 0.05) is 22.6 Å². The molecule has 0 radical (unpaired) electrons. The number of allylic oxidation sites excluding steroid dienone is 1. The lowest BCUT2D eigenvalue weighted by Gasteiger charge is -2.45. The third kappa shape index (κ3) is 4.74. The van der Waals surface area contributed by atoms with Crippen LogP contribution in [0.4, 0.5) is 15.8 Å². The quantitative estimate of drug-likeness (QED) is 0.517. The molecule has 2 saturated heterocycles. The fourth-order valence-corrected chi connectivity index (χ4v) is 4.78. The van der Waals surface area contributed by atoms with Gasteiger partial charge in [-0.15, -0.1) is 11.8 Å². The number of carbonyl (C=O) groups excluding carboxylic acids is 2. The molecule has 1 aromatic carbocycles. The Hall–Kier alpha value is -2.86. The Kier molecular flexibility index (Phi) is 7.01. The smallest absolute Gasteiger partial charge is 0.252 e. The Labute approximate surface area is 186 Å². The SMILES string of the molecule is C=Nc1ccc(N2CC(F)(CC)C2)cc1/C(=C\C)C(=O)NCC(=O)N1CSC[C@H]1C#N. The number of carbonyl (C=O) groups is 2. The van der Waals surface area contributed by atoms with Crippen LogP contribution < -0.4 is 10.2 Å². The van der Waals surface area contributed by atoms with Crippen LogP contribution in [-0.2, 0) is 9.59 Å². The zero-order chi connectivity index (χ0) is 22.6. The van der Waals surface area contributed by atoms with Crippen molar-refractivity contribution in [3.8, 4) is 6.07 Å². The highest BCUT2D eigenvalue weighted by atomic mass is 32.2. The molecule has 9 heteroatoms. The van der Waals surface area contributed by atoms with E-state index in [2.05, 4.69) is 23.1 Å². The molecule has 1 atom stereocenters. The molecule has 2 amide bonds. The molecule has 1 aromatic rings. The highest BCUT2D eigenvalue weighted by Crippen LogP contribution is 2.37. The second-order valence-electron chi connectivity index (χ2n) is 7.61. The van der Waals surface area contributed by atoms with Crippen LogP contribution in [0.25, 0.3) is 5.57 Å². The second kappa shape index (κ2) is 9.52. The van der Waals surface area contributed by atoms with Crippen LogP contribution in [0, 0.1) is 11.3 Å². The molecule has 0 saturated carbocycles. The molecule has 164 valence electrons. The van der Waals surface area contributed by atoms with Crippen LogP contribution in [0.1, 0.15) is 25.8 Å². The Morgan fingerprint density at radius 1 is 1.48 bits per heavy atom. The van der Waals surface area contributed by atoms with Crippen LogP contribution in [0.3, 0.4) is 0 Å². The van der Waals surface area contributed by atoms with E-state index in [1.54, 1.807) is 25.1 Å². The summed E-state index contributed by atoms with van der Waals surface area (Å²) in [6.45, 7) is 7.56. The number of thioether (sulfide) groups is 1. The molecule has 1 N–H and O–H groups in total. The van der Waals surface area contributed by atoms with Crippen molar-refractivity contribution in [2.75, 3.05) is 36.2 Å². The average Bonchev–Trinajstić information content (AvgIpc) is 3.24. The third-order valence-corrected chi connectivity index (χ3v) is 6.69. The van der Waals surface area contributed by atoms with Gasteiger partial charge in [-0.1, -0.05) is 13.0 Å². The molecule has 2 aliphatic rings. The van der Waals surface area contributed by atoms with Crippen molar-refractivity contribution in [3.63, 3.8) is 0 Å². The molecule has 0 aliphatic carbocycles. The van der Waals surface area contributed by atoms with Gasteiger partial charge in [-0.25, -0.2) is 4.39 Å². The lowest BCUT2D eigenvalue weighted by atomic mass is 9.92. The zero-order valence-corrected chi connectivity index (χ0v) is 18.5. The number of aliphatic imine (C=N–C) groups is 1. The monoisotopic (exact) mass is 443 g/mol. The van der Waals surface area contributed by atoms with E-state index in [1.807, 2.05) is 17.9 Å². The van der Waals surface area contributed by atoms with Gasteiger partial charge in [-0.05, 0) is 38.3 Å². The van der Waals surface area contributed by atoms with Crippen molar-refractivity contribution in [3.05, 3.63) is 29.8 Å². The fourth-order valence-electron chi connectivity index (χ4n) is 3.68. The first kappa shape index (κ1) is 22.8. The minimum Gasteiger partial charge on any atom is -0.365 e. The van der Waals surface area contributed by atoms with E-state index in [1.165, 1.54) is 16.7 Å². The topological polar surface area (TPSA) is 88.8 Å². The summed E-state index contributed by atoms with van der Waals surface area (Å²) in [5.41, 5.74) is 1.08. The highest BCUT2D eigenvalue weighted by molar-refractivity contribution is 7.99. The maximum absolute atomic E-state index is 14.3. The van der Waals surface area contributed by atoms with Crippen molar-refractivity contribution in [1.82, 2.24) is 10.2 Å². The van der Waals surface area contributed by atoms with E-state index in [-0.39, 0.29) is 12.5 Å². The number of amides is 2. The maximum atomic E-state index is 14.3. The molecule has 2 aliphatic heterocycles. The molecule has 0 bridgehead atoms. The summed E-state index contributed by atoms with van der Waals surface area (Å²) in [5.74, 6) is 0.303. The van der Waals surface area contributed by atoms with Gasteiger partial charge < -0.3 is 15.1 Å². The predicted molar refractivity (Wildman–Crippen MR) is 122 cm³/mol. The van der Waals surface area contributed by atoms with E-state index >= 15 is 0 Å². The number of nitrogens with zero attached hydrogens (tertiary/aromatic N) is 4. The standard InChI is InChI=1S/C22H26FN5O2S/c1-4-17(21(30)26-10-20(29)28-14-31-11-16(28)9-24)18-8-15(6-7-19(18)25-3)27-12-22(23,5-2)13-27/h4,6-8,16H,3,5,10-14H2,1-2H3,(H,26,30)/b17-4+/t16-/m1/s1. The van der Waals surface area contributed by atoms with Crippen LogP contribution in [0.15, 0.2) is 29.3 Å². The Bertz CT molecular complexity index is 952. The molecule has 0 spiro atoms. The second-order valence-corrected chi connectivity index (χ2v) is 8.61. The Balaban J connectivity index is 1.73. The van der Waals surface area contributed by atoms with Gasteiger partial charge in [0.05, 0.1) is 37.3 Å². The number of rotatable bonds is 7. The van der Waals surface area contributed by atoms with Gasteiger partial charge in [0.25, 0.3) is 5.91 Å². The Morgan fingerprint density at radius 3 is 2.84 bits per heavy atom. The molecule has 2 heterocycles. The summed E-state index contributed by atoms with van der Waals surface area (Å²) >= 11 is 1.51. The summed E-state index contributed by atoms with van der Waals surface area (Å²) < 4.78 is 14.3. The van der Waals surface area contributed by atoms with E-state index in [4.69, 9.17) is 5.26 Å². The van der Waals surface area contributed by atoms with E-state index in [9.17, 15) is 14.0 Å². The molecular formula is C22H26FN5O2S. The number of anilines is 1. The number of benzene rings is 1. The molecule has 7 nitrogen and oxygen atoms in total. The minimum absolute atomic E-state index is 0.196. The first-order valence-electron chi connectivity index (χ1n) is 10.1. The van der Waals surface area contributed by atoms with E-state index in [0.29, 0.717) is 48.0 Å². The molecular weight excluding hydrogens is 417 g/mol. The number of nitriles is 1. The zero-order valence-electron chi connectivity index (χ0n) is 17.7. The summed E-state index contributed by atoms with van der Waals surface area (Å²) in [6, 6.07) is 7.03. The minimum atomic E-state index is -1.17. The summed E-state index contributed by atoms with van der Waals surface area (Å²) in [4.78, 5) is 32.7. The predicted octanol–water partition coefficient (Wildman–Crippen LogP) is 2.90. The van der Waals surface area contributed by atoms with E-state index < -0.39 is 17.6 Å². The van der Waals surface area contributed by atoms with Gasteiger partial charge in [0.15, 0.2) is 0 Å². The first-order chi connectivity index (χ1) is 14.9. The number of halogens is 1. The highest BCUT2D eigenvalue weighted by Gasteiger charge is 2.42. The van der Waals surface area contributed by atoms with Crippen molar-refractivity contribution < 1.29 is 14.0 Å². The largest absolute Gasteiger partial charge is 0.365 e. The van der Waals surface area contributed by atoms with Crippen LogP contribution in [0.5, 0.6) is 0 Å². The van der Waals surface area contributed by atoms with Crippen molar-refractivity contribution in [2.24, 2.45) is 4.99 Å². The summed E-state index contributed by atoms with van der Waals surface area (Å²) in [5, 5.41) is 11.8. The third-order valence-electron chi connectivity index (χ3n) is 5.67. The van der Waals surface area contributed by atoms with Crippen LogP contribution >= 0.6 is 11.8 Å². The number of alkyl halides is 1. The molecule has 0 aromatic heterocycles. The van der Waals surface area contributed by atoms with Crippen molar-refractivity contribution >= 4 is 47.2 Å². The lowest BCUT2D eigenvalue weighted by Crippen LogP contribution is -2.58. The number of hydrogen-bond acceptors (Lipinski definition) is 6. The maximum Gasteiger partial charge on any atom is 0.252 e. The molecule has 3 rings (SSSR count). The van der Waals surface area contributed by atoms with Crippen molar-refractivity contribution in [1.29, 1.82) is 5.26 Å². The number of hydrogen-bond donors (Lipinski definition) is 1. The summed E-state index contributed by atoms with van der Waals surface area (Å²) in [7, 11) is 0. The number of nitrogens with one attached hydrogen (secondary N) is 1. The van der Waals surface area contributed by atoms with Gasteiger partial charge in [0.1, 0.15) is 11.7 Å². The summed E-state index contributed by atoms with van der Waals surface area (Å²) in [6.07, 6.45) is 2.11. The van der Waals surface area contributed by atoms with Gasteiger partial charge in [-0.2, -0.15) is 5.26 Å². The van der Waals surface area contributed by atoms with Gasteiger partial charge in [-0.3, -0.25) is 14.6 Å².